The van der Waals surface area contributed by atoms with Gasteiger partial charge in [-0.15, -0.1) is 0 Å². The SMILES string of the molecule is CCCCN1CC=C[C@]23O[C@@]4(CC)C=CCN(CCC)C(=O)[C@H]4[C@H]2C(=O)N([C@@H](CO)Cc2ccccc2)C3C1=O. The molecule has 2 saturated heterocycles. The standard InChI is InChI=1S/C32H43N3O5/c1-4-7-18-34-20-12-16-32-26(25-28(37)33(17-5-2)19-11-15-31(25,6-3)40-32)29(38)35(27(32)30(34)39)24(22-36)21-23-13-9-8-10-14-23/h8-16,24-27,36H,4-7,17-22H2,1-3H3/t24-,25-,26+,27?,31+,32+/m1/s1. The summed E-state index contributed by atoms with van der Waals surface area (Å²) in [7, 11) is 0. The molecule has 216 valence electrons. The van der Waals surface area contributed by atoms with Crippen molar-refractivity contribution in [2.75, 3.05) is 32.8 Å². The van der Waals surface area contributed by atoms with Gasteiger partial charge in [-0.3, -0.25) is 14.4 Å². The fourth-order valence-electron chi connectivity index (χ4n) is 7.35. The molecule has 0 aromatic heterocycles. The molecule has 40 heavy (non-hydrogen) atoms. The van der Waals surface area contributed by atoms with E-state index in [1.54, 1.807) is 9.80 Å². The summed E-state index contributed by atoms with van der Waals surface area (Å²) in [4.78, 5) is 48.5. The first-order chi connectivity index (χ1) is 19.4. The number of unbranched alkanes of at least 4 members (excludes halogenated alkanes) is 1. The molecule has 3 amide bonds. The Balaban J connectivity index is 1.65. The first-order valence-electron chi connectivity index (χ1n) is 15.0. The minimum Gasteiger partial charge on any atom is -0.394 e. The average molecular weight is 550 g/mol. The summed E-state index contributed by atoms with van der Waals surface area (Å²) in [6.45, 7) is 7.87. The highest BCUT2D eigenvalue weighted by Crippen LogP contribution is 2.59. The molecular weight excluding hydrogens is 506 g/mol. The van der Waals surface area contributed by atoms with Crippen molar-refractivity contribution in [1.29, 1.82) is 0 Å². The molecule has 6 atom stereocenters. The summed E-state index contributed by atoms with van der Waals surface area (Å²) in [6, 6.07) is 8.11. The molecule has 4 aliphatic rings. The van der Waals surface area contributed by atoms with Crippen LogP contribution in [-0.2, 0) is 25.5 Å². The predicted molar refractivity (Wildman–Crippen MR) is 152 cm³/mol. The Kier molecular flexibility index (Phi) is 8.20. The zero-order valence-electron chi connectivity index (χ0n) is 24.0. The van der Waals surface area contributed by atoms with Gasteiger partial charge in [0.15, 0.2) is 0 Å². The summed E-state index contributed by atoms with van der Waals surface area (Å²) in [5.41, 5.74) is -1.32. The van der Waals surface area contributed by atoms with Crippen LogP contribution in [-0.4, -0.2) is 93.6 Å². The van der Waals surface area contributed by atoms with E-state index >= 15 is 0 Å². The van der Waals surface area contributed by atoms with E-state index in [1.807, 2.05) is 73.4 Å². The van der Waals surface area contributed by atoms with Gasteiger partial charge >= 0.3 is 0 Å². The Morgan fingerprint density at radius 2 is 1.60 bits per heavy atom. The largest absolute Gasteiger partial charge is 0.394 e. The van der Waals surface area contributed by atoms with Crippen LogP contribution in [0.15, 0.2) is 54.6 Å². The number of aliphatic hydroxyl groups excluding tert-OH is 1. The van der Waals surface area contributed by atoms with E-state index in [9.17, 15) is 19.5 Å². The van der Waals surface area contributed by atoms with Crippen molar-refractivity contribution in [1.82, 2.24) is 14.7 Å². The first-order valence-corrected chi connectivity index (χ1v) is 15.0. The molecule has 2 fully saturated rings. The molecular formula is C32H43N3O5. The van der Waals surface area contributed by atoms with Crippen molar-refractivity contribution >= 4 is 17.7 Å². The van der Waals surface area contributed by atoms with Crippen LogP contribution in [0.4, 0.5) is 0 Å². The molecule has 0 bridgehead atoms. The maximum Gasteiger partial charge on any atom is 0.249 e. The van der Waals surface area contributed by atoms with Gasteiger partial charge in [0.2, 0.25) is 17.7 Å². The van der Waals surface area contributed by atoms with E-state index in [0.717, 1.165) is 24.8 Å². The number of amides is 3. The zero-order valence-corrected chi connectivity index (χ0v) is 24.0. The van der Waals surface area contributed by atoms with Gasteiger partial charge < -0.3 is 24.5 Å². The number of hydrogen-bond acceptors (Lipinski definition) is 5. The van der Waals surface area contributed by atoms with Gasteiger partial charge in [-0.2, -0.15) is 0 Å². The van der Waals surface area contributed by atoms with E-state index in [0.29, 0.717) is 39.0 Å². The number of hydrogen-bond donors (Lipinski definition) is 1. The molecule has 0 saturated carbocycles. The van der Waals surface area contributed by atoms with Gasteiger partial charge in [-0.05, 0) is 31.2 Å². The molecule has 4 heterocycles. The second kappa shape index (κ2) is 11.5. The fourth-order valence-corrected chi connectivity index (χ4v) is 7.35. The Hall–Kier alpha value is -2.97. The molecule has 4 aliphatic heterocycles. The number of likely N-dealkylation sites (tertiary alicyclic amines) is 1. The summed E-state index contributed by atoms with van der Waals surface area (Å²) in [6.07, 6.45) is 11.3. The van der Waals surface area contributed by atoms with E-state index in [1.165, 1.54) is 0 Å². The van der Waals surface area contributed by atoms with Crippen LogP contribution >= 0.6 is 0 Å². The Morgan fingerprint density at radius 3 is 2.25 bits per heavy atom. The number of aliphatic hydroxyl groups is 1. The third kappa shape index (κ3) is 4.49. The van der Waals surface area contributed by atoms with E-state index in [2.05, 4.69) is 6.92 Å². The second-order valence-corrected chi connectivity index (χ2v) is 11.6. The number of rotatable bonds is 10. The van der Waals surface area contributed by atoms with Crippen molar-refractivity contribution in [2.24, 2.45) is 11.8 Å². The molecule has 0 aliphatic carbocycles. The highest BCUT2D eigenvalue weighted by atomic mass is 16.5. The van der Waals surface area contributed by atoms with Crippen LogP contribution in [0.25, 0.3) is 0 Å². The first kappa shape index (κ1) is 28.6. The van der Waals surface area contributed by atoms with Crippen LogP contribution in [0.2, 0.25) is 0 Å². The number of ether oxygens (including phenoxy) is 1. The minimum atomic E-state index is -1.30. The van der Waals surface area contributed by atoms with Crippen molar-refractivity contribution in [2.45, 2.75) is 76.2 Å². The summed E-state index contributed by atoms with van der Waals surface area (Å²) in [5.74, 6) is -2.16. The summed E-state index contributed by atoms with van der Waals surface area (Å²) in [5, 5.41) is 10.7. The van der Waals surface area contributed by atoms with Gasteiger partial charge in [-0.25, -0.2) is 0 Å². The maximum absolute atomic E-state index is 14.7. The van der Waals surface area contributed by atoms with Crippen molar-refractivity contribution in [3.63, 3.8) is 0 Å². The van der Waals surface area contributed by atoms with E-state index in [-0.39, 0.29) is 24.3 Å². The molecule has 8 nitrogen and oxygen atoms in total. The lowest BCUT2D eigenvalue weighted by atomic mass is 9.73. The number of carbonyl (C=O) groups excluding carboxylic acids is 3. The number of fused-ring (bicyclic) bond motifs is 2. The predicted octanol–water partition coefficient (Wildman–Crippen LogP) is 2.96. The fraction of sp³-hybridized carbons (Fsp3) is 0.594. The topological polar surface area (TPSA) is 90.4 Å². The lowest BCUT2D eigenvalue weighted by Gasteiger charge is -2.41. The van der Waals surface area contributed by atoms with Crippen LogP contribution < -0.4 is 0 Å². The quantitative estimate of drug-likeness (QED) is 0.454. The lowest BCUT2D eigenvalue weighted by Crippen LogP contribution is -2.59. The smallest absolute Gasteiger partial charge is 0.249 e. The molecule has 5 rings (SSSR count). The van der Waals surface area contributed by atoms with Crippen molar-refractivity contribution in [3.8, 4) is 0 Å². The molecule has 1 N–H and O–H groups in total. The minimum absolute atomic E-state index is 0.0962. The van der Waals surface area contributed by atoms with Crippen molar-refractivity contribution < 1.29 is 24.2 Å². The van der Waals surface area contributed by atoms with Crippen LogP contribution in [0.3, 0.4) is 0 Å². The Labute approximate surface area is 237 Å². The lowest BCUT2D eigenvalue weighted by molar-refractivity contribution is -0.157. The monoisotopic (exact) mass is 549 g/mol. The number of carbonyl (C=O) groups is 3. The van der Waals surface area contributed by atoms with Gasteiger partial charge in [0, 0.05) is 26.2 Å². The molecule has 1 aromatic rings. The molecule has 1 unspecified atom stereocenters. The molecule has 0 radical (unpaired) electrons. The Bertz CT molecular complexity index is 1170. The van der Waals surface area contributed by atoms with E-state index < -0.39 is 35.1 Å². The van der Waals surface area contributed by atoms with Gasteiger partial charge in [0.1, 0.15) is 11.6 Å². The highest BCUT2D eigenvalue weighted by Gasteiger charge is 2.75. The molecule has 1 spiro atoms. The van der Waals surface area contributed by atoms with Gasteiger partial charge in [-0.1, -0.05) is 81.8 Å². The van der Waals surface area contributed by atoms with Gasteiger partial charge in [0.25, 0.3) is 0 Å². The summed E-state index contributed by atoms with van der Waals surface area (Å²) >= 11 is 0. The number of nitrogens with zero attached hydrogens (tertiary/aromatic N) is 3. The number of benzene rings is 1. The second-order valence-electron chi connectivity index (χ2n) is 11.6. The Morgan fingerprint density at radius 1 is 0.900 bits per heavy atom. The van der Waals surface area contributed by atoms with Crippen molar-refractivity contribution in [3.05, 3.63) is 60.2 Å². The average Bonchev–Trinajstić information content (AvgIpc) is 3.27. The van der Waals surface area contributed by atoms with E-state index in [4.69, 9.17) is 4.74 Å². The summed E-state index contributed by atoms with van der Waals surface area (Å²) < 4.78 is 7.03. The van der Waals surface area contributed by atoms with Crippen LogP contribution in [0, 0.1) is 11.8 Å². The normalized spacial score (nSPS) is 32.1. The van der Waals surface area contributed by atoms with Crippen LogP contribution in [0.1, 0.15) is 52.0 Å². The maximum atomic E-state index is 14.7. The highest BCUT2D eigenvalue weighted by molar-refractivity contribution is 6.00. The zero-order chi connectivity index (χ0) is 28.5. The van der Waals surface area contributed by atoms with Crippen LogP contribution in [0.5, 0.6) is 0 Å². The third-order valence-electron chi connectivity index (χ3n) is 9.24. The van der Waals surface area contributed by atoms with Gasteiger partial charge in [0.05, 0.1) is 30.1 Å². The molecule has 8 heteroatoms. The third-order valence-corrected chi connectivity index (χ3v) is 9.24. The molecule has 1 aromatic carbocycles.